The first-order valence-corrected chi connectivity index (χ1v) is 7.75. The highest BCUT2D eigenvalue weighted by Crippen LogP contribution is 2.20. The Morgan fingerprint density at radius 3 is 2.00 bits per heavy atom. The molecule has 0 atom stereocenters. The van der Waals surface area contributed by atoms with Gasteiger partial charge in [-0.05, 0) is 47.9 Å². The molecule has 5 heteroatoms. The largest absolute Gasteiger partial charge is 0.280 e. The van der Waals surface area contributed by atoms with E-state index in [1.807, 2.05) is 13.8 Å². The van der Waals surface area contributed by atoms with Crippen LogP contribution in [0.4, 0.5) is 10.1 Å². The van der Waals surface area contributed by atoms with E-state index in [2.05, 4.69) is 4.72 Å². The number of hydrogen-bond acceptors (Lipinski definition) is 2. The van der Waals surface area contributed by atoms with E-state index < -0.39 is 15.8 Å². The van der Waals surface area contributed by atoms with Crippen molar-refractivity contribution in [2.24, 2.45) is 0 Å². The minimum absolute atomic E-state index is 0.186. The van der Waals surface area contributed by atoms with Gasteiger partial charge < -0.3 is 0 Å². The number of anilines is 1. The maximum Gasteiger partial charge on any atom is 0.261 e. The van der Waals surface area contributed by atoms with Crippen LogP contribution in [0.1, 0.15) is 25.3 Å². The van der Waals surface area contributed by atoms with E-state index in [4.69, 9.17) is 0 Å². The normalized spacial score (nSPS) is 11.6. The Balaban J connectivity index is 2.23. The van der Waals surface area contributed by atoms with Crippen LogP contribution >= 0.6 is 0 Å². The Bertz CT molecular complexity index is 677. The van der Waals surface area contributed by atoms with Crippen molar-refractivity contribution in [2.75, 3.05) is 4.72 Å². The Hall–Kier alpha value is -1.88. The Labute approximate surface area is 118 Å². The molecule has 0 amide bonds. The first-order valence-electron chi connectivity index (χ1n) is 6.27. The number of nitrogens with one attached hydrogen (secondary N) is 1. The minimum atomic E-state index is -3.64. The molecule has 0 aliphatic carbocycles. The van der Waals surface area contributed by atoms with Crippen LogP contribution in [-0.2, 0) is 10.0 Å². The smallest absolute Gasteiger partial charge is 0.261 e. The van der Waals surface area contributed by atoms with Crippen LogP contribution in [0.15, 0.2) is 53.4 Å². The summed E-state index contributed by atoms with van der Waals surface area (Å²) < 4.78 is 39.5. The summed E-state index contributed by atoms with van der Waals surface area (Å²) in [5.74, 6) is -0.0638. The Morgan fingerprint density at radius 1 is 0.950 bits per heavy atom. The van der Waals surface area contributed by atoms with Crippen LogP contribution in [0.25, 0.3) is 0 Å². The van der Waals surface area contributed by atoms with E-state index in [1.54, 1.807) is 24.3 Å². The second-order valence-electron chi connectivity index (χ2n) is 4.84. The molecule has 106 valence electrons. The second kappa shape index (κ2) is 5.63. The highest BCUT2D eigenvalue weighted by atomic mass is 32.2. The van der Waals surface area contributed by atoms with Gasteiger partial charge in [0, 0.05) is 5.69 Å². The quantitative estimate of drug-likeness (QED) is 0.933. The molecule has 20 heavy (non-hydrogen) atoms. The highest BCUT2D eigenvalue weighted by molar-refractivity contribution is 7.92. The van der Waals surface area contributed by atoms with Crippen LogP contribution in [0.5, 0.6) is 0 Å². The molecule has 0 saturated heterocycles. The van der Waals surface area contributed by atoms with Gasteiger partial charge in [-0.2, -0.15) is 0 Å². The lowest BCUT2D eigenvalue weighted by atomic mass is 10.0. The summed E-state index contributed by atoms with van der Waals surface area (Å²) in [5.41, 5.74) is 1.41. The molecule has 0 heterocycles. The lowest BCUT2D eigenvalue weighted by Crippen LogP contribution is -2.12. The molecule has 0 aliphatic rings. The van der Waals surface area contributed by atoms with E-state index in [-0.39, 0.29) is 4.90 Å². The summed E-state index contributed by atoms with van der Waals surface area (Å²) in [6, 6.07) is 11.9. The third-order valence-electron chi connectivity index (χ3n) is 2.95. The molecule has 0 saturated carbocycles. The van der Waals surface area contributed by atoms with Crippen molar-refractivity contribution < 1.29 is 12.8 Å². The van der Waals surface area contributed by atoms with Crippen LogP contribution < -0.4 is 4.72 Å². The lowest BCUT2D eigenvalue weighted by Gasteiger charge is -2.10. The molecule has 2 rings (SSSR count). The van der Waals surface area contributed by atoms with Crippen molar-refractivity contribution in [3.05, 3.63) is 59.9 Å². The molecule has 1 N–H and O–H groups in total. The summed E-state index contributed by atoms with van der Waals surface area (Å²) >= 11 is 0. The molecule has 2 aromatic rings. The molecule has 3 nitrogen and oxygen atoms in total. The summed E-state index contributed by atoms with van der Waals surface area (Å²) in [4.78, 5) is 0.186. The summed E-state index contributed by atoms with van der Waals surface area (Å²) in [5, 5.41) is 0. The standard InChI is InChI=1S/C15H16FNO2S/c1-11(2)12-3-9-15(10-4-12)20(18,19)17-14-7-5-13(16)6-8-14/h3-11,17H,1-2H3. The van der Waals surface area contributed by atoms with Crippen molar-refractivity contribution >= 4 is 15.7 Å². The van der Waals surface area contributed by atoms with Gasteiger partial charge in [-0.3, -0.25) is 4.72 Å². The average molecular weight is 293 g/mol. The van der Waals surface area contributed by atoms with Crippen LogP contribution in [0, 0.1) is 5.82 Å². The fourth-order valence-electron chi connectivity index (χ4n) is 1.76. The van der Waals surface area contributed by atoms with Gasteiger partial charge in [0.15, 0.2) is 0 Å². The van der Waals surface area contributed by atoms with Crippen LogP contribution in [0.3, 0.4) is 0 Å². The summed E-state index contributed by atoms with van der Waals surface area (Å²) in [6.07, 6.45) is 0. The third-order valence-corrected chi connectivity index (χ3v) is 4.35. The Morgan fingerprint density at radius 2 is 1.50 bits per heavy atom. The van der Waals surface area contributed by atoms with Crippen LogP contribution in [-0.4, -0.2) is 8.42 Å². The SMILES string of the molecule is CC(C)c1ccc(S(=O)(=O)Nc2ccc(F)cc2)cc1. The lowest BCUT2D eigenvalue weighted by molar-refractivity contribution is 0.601. The molecule has 0 unspecified atom stereocenters. The van der Waals surface area contributed by atoms with Crippen molar-refractivity contribution in [3.63, 3.8) is 0 Å². The van der Waals surface area contributed by atoms with Crippen molar-refractivity contribution in [1.82, 2.24) is 0 Å². The molecule has 0 radical (unpaired) electrons. The van der Waals surface area contributed by atoms with Gasteiger partial charge in [-0.25, -0.2) is 12.8 Å². The third kappa shape index (κ3) is 3.36. The molecular weight excluding hydrogens is 277 g/mol. The van der Waals surface area contributed by atoms with Crippen molar-refractivity contribution in [2.45, 2.75) is 24.7 Å². The van der Waals surface area contributed by atoms with Crippen molar-refractivity contribution in [3.8, 4) is 0 Å². The Kier molecular flexibility index (Phi) is 4.09. The first kappa shape index (κ1) is 14.5. The minimum Gasteiger partial charge on any atom is -0.280 e. The van der Waals surface area contributed by atoms with Gasteiger partial charge >= 0.3 is 0 Å². The van der Waals surface area contributed by atoms with Gasteiger partial charge in [-0.15, -0.1) is 0 Å². The fraction of sp³-hybridized carbons (Fsp3) is 0.200. The van der Waals surface area contributed by atoms with E-state index in [1.165, 1.54) is 24.3 Å². The topological polar surface area (TPSA) is 46.2 Å². The first-order chi connectivity index (χ1) is 9.38. The van der Waals surface area contributed by atoms with E-state index in [0.29, 0.717) is 11.6 Å². The number of benzene rings is 2. The number of sulfonamides is 1. The predicted octanol–water partition coefficient (Wildman–Crippen LogP) is 3.75. The van der Waals surface area contributed by atoms with E-state index in [0.717, 1.165) is 5.56 Å². The van der Waals surface area contributed by atoms with E-state index in [9.17, 15) is 12.8 Å². The van der Waals surface area contributed by atoms with E-state index >= 15 is 0 Å². The van der Waals surface area contributed by atoms with Crippen molar-refractivity contribution in [1.29, 1.82) is 0 Å². The van der Waals surface area contributed by atoms with Crippen LogP contribution in [0.2, 0.25) is 0 Å². The molecule has 0 aliphatic heterocycles. The highest BCUT2D eigenvalue weighted by Gasteiger charge is 2.14. The molecule has 0 aromatic heterocycles. The predicted molar refractivity (Wildman–Crippen MR) is 77.7 cm³/mol. The van der Waals surface area contributed by atoms with Gasteiger partial charge in [0.1, 0.15) is 5.82 Å². The van der Waals surface area contributed by atoms with Gasteiger partial charge in [0.05, 0.1) is 4.90 Å². The molecular formula is C15H16FNO2S. The second-order valence-corrected chi connectivity index (χ2v) is 6.52. The number of halogens is 1. The molecule has 0 bridgehead atoms. The summed E-state index contributed by atoms with van der Waals surface area (Å²) in [6.45, 7) is 4.08. The maximum absolute atomic E-state index is 12.8. The average Bonchev–Trinajstić information content (AvgIpc) is 2.41. The fourth-order valence-corrected chi connectivity index (χ4v) is 2.82. The maximum atomic E-state index is 12.8. The van der Waals surface area contributed by atoms with Gasteiger partial charge in [0.25, 0.3) is 10.0 Å². The zero-order chi connectivity index (χ0) is 14.8. The number of hydrogen-bond donors (Lipinski definition) is 1. The monoisotopic (exact) mass is 293 g/mol. The molecule has 0 spiro atoms. The molecule has 0 fully saturated rings. The summed E-state index contributed by atoms with van der Waals surface area (Å²) in [7, 11) is -3.64. The van der Waals surface area contributed by atoms with Gasteiger partial charge in [0.2, 0.25) is 0 Å². The zero-order valence-corrected chi connectivity index (χ0v) is 12.1. The number of rotatable bonds is 4. The molecule has 2 aromatic carbocycles. The zero-order valence-electron chi connectivity index (χ0n) is 11.3. The van der Waals surface area contributed by atoms with Gasteiger partial charge in [-0.1, -0.05) is 26.0 Å².